The first-order valence-corrected chi connectivity index (χ1v) is 7.75. The number of benzene rings is 1. The molecule has 0 fully saturated rings. The van der Waals surface area contributed by atoms with Crippen LogP contribution in [0.2, 0.25) is 0 Å². The van der Waals surface area contributed by atoms with E-state index in [4.69, 9.17) is 18.0 Å². The second kappa shape index (κ2) is 6.72. The molecule has 0 aliphatic heterocycles. The molecule has 0 spiro atoms. The summed E-state index contributed by atoms with van der Waals surface area (Å²) in [5, 5.41) is 3.35. The number of pyridine rings is 1. The SMILES string of the molecule is CCSc1cccc(Nc2cncc(C)c2)c1C(N)=S. The highest BCUT2D eigenvalue weighted by Crippen LogP contribution is 2.30. The van der Waals surface area contributed by atoms with Gasteiger partial charge in [-0.1, -0.05) is 25.2 Å². The van der Waals surface area contributed by atoms with E-state index in [0.717, 1.165) is 33.2 Å². The maximum absolute atomic E-state index is 5.89. The standard InChI is InChI=1S/C15H17N3S2/c1-3-20-13-6-4-5-12(14(13)15(16)19)18-11-7-10(2)8-17-9-11/h4-9,18H,3H2,1-2H3,(H2,16,19). The third-order valence-corrected chi connectivity index (χ3v) is 3.87. The van der Waals surface area contributed by atoms with Crippen LogP contribution in [0, 0.1) is 6.92 Å². The Kier molecular flexibility index (Phi) is 4.98. The molecule has 1 aromatic carbocycles. The van der Waals surface area contributed by atoms with Gasteiger partial charge in [0.2, 0.25) is 0 Å². The quantitative estimate of drug-likeness (QED) is 0.648. The highest BCUT2D eigenvalue weighted by molar-refractivity contribution is 7.99. The summed E-state index contributed by atoms with van der Waals surface area (Å²) >= 11 is 6.94. The molecule has 104 valence electrons. The van der Waals surface area contributed by atoms with Gasteiger partial charge in [-0.15, -0.1) is 11.8 Å². The normalized spacial score (nSPS) is 10.3. The lowest BCUT2D eigenvalue weighted by Crippen LogP contribution is -2.13. The summed E-state index contributed by atoms with van der Waals surface area (Å²) in [5.41, 5.74) is 9.74. The second-order valence-electron chi connectivity index (χ2n) is 4.35. The number of aryl methyl sites for hydroxylation is 1. The molecule has 0 radical (unpaired) electrons. The minimum atomic E-state index is 0.407. The van der Waals surface area contributed by atoms with E-state index in [9.17, 15) is 0 Å². The Morgan fingerprint density at radius 1 is 1.40 bits per heavy atom. The molecule has 2 rings (SSSR count). The van der Waals surface area contributed by atoms with Crippen LogP contribution in [0.25, 0.3) is 0 Å². The summed E-state index contributed by atoms with van der Waals surface area (Å²) in [6.45, 7) is 4.12. The number of nitrogens with two attached hydrogens (primary N) is 1. The average molecular weight is 303 g/mol. The molecule has 20 heavy (non-hydrogen) atoms. The van der Waals surface area contributed by atoms with E-state index in [1.807, 2.05) is 37.4 Å². The molecule has 0 saturated carbocycles. The van der Waals surface area contributed by atoms with Crippen LogP contribution in [-0.4, -0.2) is 15.7 Å². The van der Waals surface area contributed by atoms with E-state index in [1.54, 1.807) is 18.0 Å². The Balaban J connectivity index is 2.40. The largest absolute Gasteiger partial charge is 0.389 e. The van der Waals surface area contributed by atoms with E-state index < -0.39 is 0 Å². The van der Waals surface area contributed by atoms with Crippen LogP contribution in [-0.2, 0) is 0 Å². The Hall–Kier alpha value is -1.59. The molecule has 1 aromatic heterocycles. The number of thioether (sulfide) groups is 1. The fourth-order valence-corrected chi connectivity index (χ4v) is 3.08. The zero-order chi connectivity index (χ0) is 14.5. The fraction of sp³-hybridized carbons (Fsp3) is 0.200. The summed E-state index contributed by atoms with van der Waals surface area (Å²) < 4.78 is 0. The van der Waals surface area contributed by atoms with Crippen molar-refractivity contribution < 1.29 is 0 Å². The van der Waals surface area contributed by atoms with E-state index in [1.165, 1.54) is 0 Å². The van der Waals surface area contributed by atoms with Crippen LogP contribution >= 0.6 is 24.0 Å². The van der Waals surface area contributed by atoms with Gasteiger partial charge in [-0.05, 0) is 36.4 Å². The molecule has 0 unspecified atom stereocenters. The van der Waals surface area contributed by atoms with Gasteiger partial charge >= 0.3 is 0 Å². The topological polar surface area (TPSA) is 50.9 Å². The maximum Gasteiger partial charge on any atom is 0.107 e. The maximum atomic E-state index is 5.89. The Bertz CT molecular complexity index is 626. The van der Waals surface area contributed by atoms with Crippen molar-refractivity contribution in [3.05, 3.63) is 47.8 Å². The van der Waals surface area contributed by atoms with Crippen molar-refractivity contribution >= 4 is 40.3 Å². The molecule has 0 atom stereocenters. The number of anilines is 2. The van der Waals surface area contributed by atoms with Crippen LogP contribution in [0.15, 0.2) is 41.6 Å². The summed E-state index contributed by atoms with van der Waals surface area (Å²) in [6, 6.07) is 8.07. The lowest BCUT2D eigenvalue weighted by Gasteiger charge is -2.15. The van der Waals surface area contributed by atoms with Gasteiger partial charge in [-0.25, -0.2) is 0 Å². The van der Waals surface area contributed by atoms with Crippen molar-refractivity contribution in [2.45, 2.75) is 18.7 Å². The van der Waals surface area contributed by atoms with Crippen LogP contribution in [0.3, 0.4) is 0 Å². The Labute approximate surface area is 129 Å². The molecule has 0 amide bonds. The van der Waals surface area contributed by atoms with Crippen LogP contribution < -0.4 is 11.1 Å². The smallest absolute Gasteiger partial charge is 0.107 e. The molecule has 3 nitrogen and oxygen atoms in total. The fourth-order valence-electron chi connectivity index (χ4n) is 1.94. The minimum Gasteiger partial charge on any atom is -0.389 e. The number of aromatic nitrogens is 1. The highest BCUT2D eigenvalue weighted by Gasteiger charge is 2.11. The van der Waals surface area contributed by atoms with Gasteiger partial charge in [0.05, 0.1) is 11.9 Å². The molecule has 1 heterocycles. The van der Waals surface area contributed by atoms with E-state index in [0.29, 0.717) is 4.99 Å². The van der Waals surface area contributed by atoms with Crippen LogP contribution in [0.4, 0.5) is 11.4 Å². The second-order valence-corrected chi connectivity index (χ2v) is 6.10. The summed E-state index contributed by atoms with van der Waals surface area (Å²) in [7, 11) is 0. The van der Waals surface area contributed by atoms with Crippen molar-refractivity contribution in [2.75, 3.05) is 11.1 Å². The summed E-state index contributed by atoms with van der Waals surface area (Å²) in [6.07, 6.45) is 3.61. The van der Waals surface area contributed by atoms with Gasteiger partial charge in [-0.3, -0.25) is 4.98 Å². The zero-order valence-corrected chi connectivity index (χ0v) is 13.1. The van der Waals surface area contributed by atoms with E-state index in [-0.39, 0.29) is 0 Å². The van der Waals surface area contributed by atoms with Gasteiger partial charge in [0.1, 0.15) is 4.99 Å². The number of rotatable bonds is 5. The molecule has 5 heteroatoms. The Morgan fingerprint density at radius 3 is 2.85 bits per heavy atom. The lowest BCUT2D eigenvalue weighted by atomic mass is 10.1. The molecule has 0 saturated heterocycles. The van der Waals surface area contributed by atoms with Crippen molar-refractivity contribution in [3.8, 4) is 0 Å². The van der Waals surface area contributed by atoms with Crippen LogP contribution in [0.5, 0.6) is 0 Å². The lowest BCUT2D eigenvalue weighted by molar-refractivity contribution is 1.26. The van der Waals surface area contributed by atoms with Gasteiger partial charge < -0.3 is 11.1 Å². The van der Waals surface area contributed by atoms with Gasteiger partial charge in [-0.2, -0.15) is 0 Å². The first-order valence-electron chi connectivity index (χ1n) is 6.36. The number of nitrogens with one attached hydrogen (secondary N) is 1. The molecule has 0 aliphatic rings. The van der Waals surface area contributed by atoms with Crippen molar-refractivity contribution in [3.63, 3.8) is 0 Å². The third kappa shape index (κ3) is 3.49. The van der Waals surface area contributed by atoms with Gasteiger partial charge in [0, 0.05) is 22.3 Å². The summed E-state index contributed by atoms with van der Waals surface area (Å²) in [5.74, 6) is 0.977. The molecule has 0 bridgehead atoms. The minimum absolute atomic E-state index is 0.407. The molecule has 0 aliphatic carbocycles. The van der Waals surface area contributed by atoms with Gasteiger partial charge in [0.25, 0.3) is 0 Å². The van der Waals surface area contributed by atoms with Crippen LogP contribution in [0.1, 0.15) is 18.1 Å². The first kappa shape index (κ1) is 14.8. The number of nitrogens with zero attached hydrogens (tertiary/aromatic N) is 1. The highest BCUT2D eigenvalue weighted by atomic mass is 32.2. The molecular formula is C15H17N3S2. The molecule has 2 aromatic rings. The summed E-state index contributed by atoms with van der Waals surface area (Å²) in [4.78, 5) is 5.69. The predicted molar refractivity (Wildman–Crippen MR) is 91.0 cm³/mol. The van der Waals surface area contributed by atoms with Crippen molar-refractivity contribution in [1.29, 1.82) is 0 Å². The van der Waals surface area contributed by atoms with E-state index >= 15 is 0 Å². The number of hydrogen-bond donors (Lipinski definition) is 2. The zero-order valence-electron chi connectivity index (χ0n) is 11.5. The predicted octanol–water partition coefficient (Wildman–Crippen LogP) is 3.88. The van der Waals surface area contributed by atoms with Crippen molar-refractivity contribution in [1.82, 2.24) is 4.98 Å². The van der Waals surface area contributed by atoms with Gasteiger partial charge in [0.15, 0.2) is 0 Å². The first-order chi connectivity index (χ1) is 9.61. The van der Waals surface area contributed by atoms with Crippen molar-refractivity contribution in [2.24, 2.45) is 5.73 Å². The number of thiocarbonyl (C=S) groups is 1. The number of hydrogen-bond acceptors (Lipinski definition) is 4. The average Bonchev–Trinajstić information content (AvgIpc) is 2.39. The molecular weight excluding hydrogens is 286 g/mol. The Morgan fingerprint density at radius 2 is 2.20 bits per heavy atom. The van der Waals surface area contributed by atoms with E-state index in [2.05, 4.69) is 17.2 Å². The monoisotopic (exact) mass is 303 g/mol. The molecule has 3 N–H and O–H groups in total. The third-order valence-electron chi connectivity index (χ3n) is 2.73.